The van der Waals surface area contributed by atoms with Crippen molar-refractivity contribution in [3.05, 3.63) is 46.7 Å². The van der Waals surface area contributed by atoms with Crippen molar-refractivity contribution in [2.24, 2.45) is 0 Å². The van der Waals surface area contributed by atoms with E-state index >= 15 is 0 Å². The molecule has 0 bridgehead atoms. The van der Waals surface area contributed by atoms with Crippen molar-refractivity contribution in [3.63, 3.8) is 0 Å². The van der Waals surface area contributed by atoms with Gasteiger partial charge < -0.3 is 9.47 Å². The van der Waals surface area contributed by atoms with E-state index in [-0.39, 0.29) is 5.97 Å². The molecule has 0 spiro atoms. The van der Waals surface area contributed by atoms with Crippen molar-refractivity contribution in [3.8, 4) is 0 Å². The van der Waals surface area contributed by atoms with Gasteiger partial charge in [-0.15, -0.1) is 0 Å². The third-order valence-corrected chi connectivity index (χ3v) is 3.97. The number of carbonyl (C=O) groups is 2. The number of piperidine rings is 1. The zero-order valence-electron chi connectivity index (χ0n) is 12.3. The fraction of sp³-hybridized carbons (Fsp3) is 0.375. The highest BCUT2D eigenvalue weighted by atomic mass is 35.5. The topological polar surface area (TPSA) is 55.8 Å². The zero-order valence-corrected chi connectivity index (χ0v) is 13.1. The van der Waals surface area contributed by atoms with Gasteiger partial charge in [-0.1, -0.05) is 29.8 Å². The number of methoxy groups -OCH3 is 1. The van der Waals surface area contributed by atoms with Crippen LogP contribution in [0.5, 0.6) is 0 Å². The van der Waals surface area contributed by atoms with E-state index in [1.165, 1.54) is 13.4 Å². The molecule has 22 heavy (non-hydrogen) atoms. The number of hydrogen-bond donors (Lipinski definition) is 0. The largest absolute Gasteiger partial charge is 0.468 e. The zero-order chi connectivity index (χ0) is 15.9. The Bertz CT molecular complexity index is 573. The lowest BCUT2D eigenvalue weighted by atomic mass is 9.99. The molecule has 1 aliphatic heterocycles. The second kappa shape index (κ2) is 7.96. The molecule has 6 heteroatoms. The van der Waals surface area contributed by atoms with Crippen LogP contribution in [0.1, 0.15) is 24.4 Å². The van der Waals surface area contributed by atoms with Crippen LogP contribution in [-0.2, 0) is 19.1 Å². The highest BCUT2D eigenvalue weighted by molar-refractivity contribution is 6.31. The molecule has 0 N–H and O–H groups in total. The summed E-state index contributed by atoms with van der Waals surface area (Å²) in [5.74, 6) is -0.356. The lowest BCUT2D eigenvalue weighted by Gasteiger charge is -2.34. The fourth-order valence-corrected chi connectivity index (χ4v) is 2.89. The monoisotopic (exact) mass is 323 g/mol. The fourth-order valence-electron chi connectivity index (χ4n) is 2.65. The Hall–Kier alpha value is -1.85. The summed E-state index contributed by atoms with van der Waals surface area (Å²) in [7, 11) is 1.36. The van der Waals surface area contributed by atoms with Crippen LogP contribution in [0.4, 0.5) is 0 Å². The van der Waals surface area contributed by atoms with Crippen molar-refractivity contribution in [1.82, 2.24) is 4.90 Å². The van der Waals surface area contributed by atoms with Gasteiger partial charge in [0.1, 0.15) is 6.04 Å². The minimum absolute atomic E-state index is 0.356. The molecule has 1 aromatic rings. The molecule has 0 aromatic heterocycles. The van der Waals surface area contributed by atoms with Gasteiger partial charge in [0.15, 0.2) is 0 Å². The minimum atomic E-state index is -0.571. The Morgan fingerprint density at radius 2 is 2.18 bits per heavy atom. The lowest BCUT2D eigenvalue weighted by molar-refractivity contribution is -0.147. The first-order chi connectivity index (χ1) is 10.7. The summed E-state index contributed by atoms with van der Waals surface area (Å²) in [6, 6.07) is 6.67. The van der Waals surface area contributed by atoms with Gasteiger partial charge in [-0.2, -0.15) is 0 Å². The summed E-state index contributed by atoms with van der Waals surface area (Å²) in [5, 5.41) is 0.526. The molecular formula is C16H18ClNO4. The van der Waals surface area contributed by atoms with E-state index in [4.69, 9.17) is 21.1 Å². The predicted octanol–water partition coefficient (Wildman–Crippen LogP) is 2.71. The molecule has 0 saturated carbocycles. The first-order valence-electron chi connectivity index (χ1n) is 7.00. The maximum Gasteiger partial charge on any atom is 0.327 e. The molecule has 2 rings (SSSR count). The Morgan fingerprint density at radius 1 is 1.41 bits per heavy atom. The van der Waals surface area contributed by atoms with Crippen molar-refractivity contribution in [2.45, 2.75) is 18.9 Å². The standard InChI is InChI=1S/C16H18ClNO4/c1-21-16(20)15(13-6-2-3-7-14(13)17)18-8-4-5-12(9-18)10-22-11-19/h2-3,6-7,10-11,15H,4-5,8-9H2,1H3/b12-10+. The van der Waals surface area contributed by atoms with Crippen molar-refractivity contribution in [2.75, 3.05) is 20.2 Å². The number of halogens is 1. The van der Waals surface area contributed by atoms with Gasteiger partial charge in [0.2, 0.25) is 0 Å². The number of rotatable bonds is 5. The molecule has 0 aliphatic carbocycles. The van der Waals surface area contributed by atoms with Crippen molar-refractivity contribution in [1.29, 1.82) is 0 Å². The summed E-state index contributed by atoms with van der Waals surface area (Å²) in [5.41, 5.74) is 1.67. The smallest absolute Gasteiger partial charge is 0.327 e. The van der Waals surface area contributed by atoms with Gasteiger partial charge in [0.05, 0.1) is 13.4 Å². The maximum absolute atomic E-state index is 12.3. The lowest BCUT2D eigenvalue weighted by Crippen LogP contribution is -2.39. The van der Waals surface area contributed by atoms with Crippen LogP contribution in [0.25, 0.3) is 0 Å². The Balaban J connectivity index is 2.28. The van der Waals surface area contributed by atoms with Crippen molar-refractivity contribution >= 4 is 24.0 Å². The van der Waals surface area contributed by atoms with Crippen LogP contribution in [0.15, 0.2) is 36.1 Å². The van der Waals surface area contributed by atoms with Gasteiger partial charge >= 0.3 is 5.97 Å². The number of esters is 1. The number of hydrogen-bond acceptors (Lipinski definition) is 5. The third-order valence-electron chi connectivity index (χ3n) is 3.63. The van der Waals surface area contributed by atoms with Crippen molar-refractivity contribution < 1.29 is 19.1 Å². The van der Waals surface area contributed by atoms with E-state index < -0.39 is 6.04 Å². The van der Waals surface area contributed by atoms with Crippen LogP contribution in [0.2, 0.25) is 5.02 Å². The molecule has 5 nitrogen and oxygen atoms in total. The van der Waals surface area contributed by atoms with E-state index in [0.29, 0.717) is 23.6 Å². The minimum Gasteiger partial charge on any atom is -0.468 e. The van der Waals surface area contributed by atoms with Crippen LogP contribution < -0.4 is 0 Å². The molecule has 0 radical (unpaired) electrons. The number of benzene rings is 1. The third kappa shape index (κ3) is 3.87. The number of ether oxygens (including phenoxy) is 2. The van der Waals surface area contributed by atoms with E-state index in [0.717, 1.165) is 25.0 Å². The van der Waals surface area contributed by atoms with Gasteiger partial charge in [-0.3, -0.25) is 9.69 Å². The normalized spacial score (nSPS) is 18.7. The summed E-state index contributed by atoms with van der Waals surface area (Å²) in [4.78, 5) is 24.5. The Morgan fingerprint density at radius 3 is 2.86 bits per heavy atom. The molecular weight excluding hydrogens is 306 g/mol. The van der Waals surface area contributed by atoms with E-state index in [9.17, 15) is 9.59 Å². The average molecular weight is 324 g/mol. The molecule has 1 fully saturated rings. The summed E-state index contributed by atoms with van der Waals surface area (Å²) >= 11 is 6.24. The van der Waals surface area contributed by atoms with E-state index in [2.05, 4.69) is 0 Å². The number of nitrogens with zero attached hydrogens (tertiary/aromatic N) is 1. The van der Waals surface area contributed by atoms with E-state index in [1.54, 1.807) is 6.07 Å². The first kappa shape index (κ1) is 16.5. The molecule has 0 amide bonds. The molecule has 1 unspecified atom stereocenters. The molecule has 1 aromatic carbocycles. The SMILES string of the molecule is COC(=O)C(c1ccccc1Cl)N1CCC/C(=C\OC=O)C1. The molecule has 118 valence electrons. The van der Waals surface area contributed by atoms with Gasteiger partial charge in [-0.05, 0) is 36.6 Å². The van der Waals surface area contributed by atoms with Gasteiger partial charge in [0.25, 0.3) is 6.47 Å². The Kier molecular flexibility index (Phi) is 5.98. The second-order valence-electron chi connectivity index (χ2n) is 5.03. The average Bonchev–Trinajstić information content (AvgIpc) is 2.55. The molecule has 1 saturated heterocycles. The first-order valence-corrected chi connectivity index (χ1v) is 7.38. The van der Waals surface area contributed by atoms with Gasteiger partial charge in [0, 0.05) is 11.6 Å². The van der Waals surface area contributed by atoms with Crippen LogP contribution in [-0.4, -0.2) is 37.5 Å². The predicted molar refractivity (Wildman–Crippen MR) is 82.2 cm³/mol. The number of carbonyl (C=O) groups excluding carboxylic acids is 2. The maximum atomic E-state index is 12.3. The highest BCUT2D eigenvalue weighted by Crippen LogP contribution is 2.31. The summed E-state index contributed by atoms with van der Waals surface area (Å²) < 4.78 is 9.65. The quantitative estimate of drug-likeness (QED) is 0.474. The highest BCUT2D eigenvalue weighted by Gasteiger charge is 2.32. The molecule has 1 heterocycles. The summed E-state index contributed by atoms with van der Waals surface area (Å²) in [6.07, 6.45) is 3.15. The molecule has 1 atom stereocenters. The van der Waals surface area contributed by atoms with Crippen LogP contribution in [0.3, 0.4) is 0 Å². The molecule has 1 aliphatic rings. The van der Waals surface area contributed by atoms with Crippen LogP contribution in [0, 0.1) is 0 Å². The van der Waals surface area contributed by atoms with E-state index in [1.807, 2.05) is 23.1 Å². The Labute approximate surface area is 134 Å². The number of likely N-dealkylation sites (tertiary alicyclic amines) is 1. The van der Waals surface area contributed by atoms with Crippen LogP contribution >= 0.6 is 11.6 Å². The van der Waals surface area contributed by atoms with Gasteiger partial charge in [-0.25, -0.2) is 4.79 Å². The second-order valence-corrected chi connectivity index (χ2v) is 5.44. The summed E-state index contributed by atoms with van der Waals surface area (Å²) in [6.45, 7) is 1.65.